The Bertz CT molecular complexity index is 690. The monoisotopic (exact) mass is 324 g/mol. The number of allylic oxidation sites excluding steroid dienone is 1. The molecule has 0 atom stereocenters. The lowest BCUT2D eigenvalue weighted by Gasteiger charge is -2.04. The van der Waals surface area contributed by atoms with Gasteiger partial charge in [0.05, 0.1) is 15.1 Å². The zero-order chi connectivity index (χ0) is 14.7. The Morgan fingerprint density at radius 3 is 2.40 bits per heavy atom. The summed E-state index contributed by atoms with van der Waals surface area (Å²) in [5.41, 5.74) is 2.42. The number of benzene rings is 2. The first-order valence-corrected chi connectivity index (χ1v) is 7.05. The molecule has 102 valence electrons. The zero-order valence-corrected chi connectivity index (χ0v) is 12.9. The van der Waals surface area contributed by atoms with E-state index in [1.807, 2.05) is 31.2 Å². The van der Waals surface area contributed by atoms with E-state index in [9.17, 15) is 4.79 Å². The second-order valence-corrected chi connectivity index (χ2v) is 5.44. The van der Waals surface area contributed by atoms with Crippen molar-refractivity contribution in [3.05, 3.63) is 74.2 Å². The summed E-state index contributed by atoms with van der Waals surface area (Å²) in [6.45, 7) is 1.98. The predicted octanol–water partition coefficient (Wildman–Crippen LogP) is 5.85. The van der Waals surface area contributed by atoms with Crippen LogP contribution in [0.3, 0.4) is 0 Å². The van der Waals surface area contributed by atoms with Crippen molar-refractivity contribution in [2.45, 2.75) is 6.92 Å². The lowest BCUT2D eigenvalue weighted by Crippen LogP contribution is -1.96. The van der Waals surface area contributed by atoms with Crippen LogP contribution in [0, 0.1) is 6.92 Å². The number of rotatable bonds is 3. The maximum Gasteiger partial charge on any atom is 0.187 e. The standard InChI is InChI=1S/C16H11Cl3O/c1-10-4-2-3-5-11(10)6-9-14(20)12-7-8-13(17)16(19)15(12)18/h2-9H,1H3/b9-6+. The van der Waals surface area contributed by atoms with Crippen LogP contribution in [0.2, 0.25) is 15.1 Å². The minimum Gasteiger partial charge on any atom is -0.289 e. The van der Waals surface area contributed by atoms with Gasteiger partial charge in [0.2, 0.25) is 0 Å². The fourth-order valence-corrected chi connectivity index (χ4v) is 2.37. The molecule has 2 rings (SSSR count). The van der Waals surface area contributed by atoms with Crippen molar-refractivity contribution in [3.63, 3.8) is 0 Å². The normalized spacial score (nSPS) is 11.0. The molecule has 20 heavy (non-hydrogen) atoms. The van der Waals surface area contributed by atoms with Crippen LogP contribution in [0.5, 0.6) is 0 Å². The lowest BCUT2D eigenvalue weighted by atomic mass is 10.1. The molecule has 0 saturated carbocycles. The lowest BCUT2D eigenvalue weighted by molar-refractivity contribution is 0.104. The number of ketones is 1. The predicted molar refractivity (Wildman–Crippen MR) is 86.0 cm³/mol. The molecule has 0 saturated heterocycles. The van der Waals surface area contributed by atoms with Gasteiger partial charge in [-0.25, -0.2) is 0 Å². The Hall–Kier alpha value is -1.28. The van der Waals surface area contributed by atoms with E-state index in [2.05, 4.69) is 0 Å². The minimum absolute atomic E-state index is 0.179. The highest BCUT2D eigenvalue weighted by Gasteiger charge is 2.13. The third-order valence-electron chi connectivity index (χ3n) is 2.90. The number of halogens is 3. The van der Waals surface area contributed by atoms with Gasteiger partial charge in [-0.05, 0) is 36.3 Å². The van der Waals surface area contributed by atoms with Crippen molar-refractivity contribution in [2.75, 3.05) is 0 Å². The summed E-state index contributed by atoms with van der Waals surface area (Å²) in [6, 6.07) is 10.9. The van der Waals surface area contributed by atoms with Gasteiger partial charge < -0.3 is 0 Å². The van der Waals surface area contributed by atoms with Crippen LogP contribution in [0.25, 0.3) is 6.08 Å². The molecule has 0 aliphatic heterocycles. The molecule has 2 aromatic carbocycles. The smallest absolute Gasteiger partial charge is 0.187 e. The van der Waals surface area contributed by atoms with Gasteiger partial charge in [-0.1, -0.05) is 65.1 Å². The summed E-state index contributed by atoms with van der Waals surface area (Å²) < 4.78 is 0. The molecule has 0 amide bonds. The van der Waals surface area contributed by atoms with Crippen molar-refractivity contribution < 1.29 is 4.79 Å². The molecule has 0 aliphatic carbocycles. The molecular weight excluding hydrogens is 315 g/mol. The molecule has 0 spiro atoms. The number of carbonyl (C=O) groups excluding carboxylic acids is 1. The van der Waals surface area contributed by atoms with E-state index >= 15 is 0 Å². The molecular formula is C16H11Cl3O. The number of aryl methyl sites for hydroxylation is 1. The van der Waals surface area contributed by atoms with Gasteiger partial charge in [-0.15, -0.1) is 0 Å². The van der Waals surface area contributed by atoms with Gasteiger partial charge >= 0.3 is 0 Å². The maximum atomic E-state index is 12.1. The van der Waals surface area contributed by atoms with Crippen LogP contribution in [-0.2, 0) is 0 Å². The minimum atomic E-state index is -0.211. The Morgan fingerprint density at radius 1 is 1.00 bits per heavy atom. The molecule has 1 nitrogen and oxygen atoms in total. The molecule has 2 aromatic rings. The summed E-state index contributed by atoms with van der Waals surface area (Å²) in [5, 5.41) is 0.707. The van der Waals surface area contributed by atoms with Crippen LogP contribution < -0.4 is 0 Å². The van der Waals surface area contributed by atoms with Crippen molar-refractivity contribution in [1.82, 2.24) is 0 Å². The van der Waals surface area contributed by atoms with Gasteiger partial charge in [-0.2, -0.15) is 0 Å². The fraction of sp³-hybridized carbons (Fsp3) is 0.0625. The third-order valence-corrected chi connectivity index (χ3v) is 4.20. The highest BCUT2D eigenvalue weighted by molar-refractivity contribution is 6.49. The summed E-state index contributed by atoms with van der Waals surface area (Å²) in [4.78, 5) is 12.1. The second kappa shape index (κ2) is 6.45. The molecule has 0 radical (unpaired) electrons. The van der Waals surface area contributed by atoms with Gasteiger partial charge in [0.15, 0.2) is 5.78 Å². The Morgan fingerprint density at radius 2 is 1.70 bits per heavy atom. The molecule has 0 N–H and O–H groups in total. The summed E-state index contributed by atoms with van der Waals surface area (Å²) in [5.74, 6) is -0.211. The van der Waals surface area contributed by atoms with Gasteiger partial charge in [0.25, 0.3) is 0 Å². The van der Waals surface area contributed by atoms with Gasteiger partial charge in [-0.3, -0.25) is 4.79 Å². The number of hydrogen-bond acceptors (Lipinski definition) is 1. The van der Waals surface area contributed by atoms with E-state index in [0.29, 0.717) is 10.6 Å². The molecule has 0 aliphatic rings. The molecule has 4 heteroatoms. The summed E-state index contributed by atoms with van der Waals surface area (Å²) in [6.07, 6.45) is 3.24. The number of hydrogen-bond donors (Lipinski definition) is 0. The van der Waals surface area contributed by atoms with Gasteiger partial charge in [0.1, 0.15) is 0 Å². The zero-order valence-electron chi connectivity index (χ0n) is 10.7. The Balaban J connectivity index is 2.30. The van der Waals surface area contributed by atoms with Crippen molar-refractivity contribution in [3.8, 4) is 0 Å². The number of carbonyl (C=O) groups is 1. The highest BCUT2D eigenvalue weighted by atomic mass is 35.5. The average molecular weight is 326 g/mol. The quantitative estimate of drug-likeness (QED) is 0.393. The first kappa shape index (κ1) is 15.1. The Kier molecular flexibility index (Phi) is 4.87. The topological polar surface area (TPSA) is 17.1 Å². The first-order chi connectivity index (χ1) is 9.50. The first-order valence-electron chi connectivity index (χ1n) is 5.92. The maximum absolute atomic E-state index is 12.1. The highest BCUT2D eigenvalue weighted by Crippen LogP contribution is 2.33. The second-order valence-electron chi connectivity index (χ2n) is 4.28. The SMILES string of the molecule is Cc1ccccc1/C=C/C(=O)c1ccc(Cl)c(Cl)c1Cl. The van der Waals surface area contributed by atoms with E-state index < -0.39 is 0 Å². The average Bonchev–Trinajstić information content (AvgIpc) is 2.44. The van der Waals surface area contributed by atoms with Crippen LogP contribution in [0.1, 0.15) is 21.5 Å². The van der Waals surface area contributed by atoms with Crippen molar-refractivity contribution in [2.24, 2.45) is 0 Å². The molecule has 0 bridgehead atoms. The molecule has 0 fully saturated rings. The largest absolute Gasteiger partial charge is 0.289 e. The van der Waals surface area contributed by atoms with E-state index in [-0.39, 0.29) is 15.8 Å². The summed E-state index contributed by atoms with van der Waals surface area (Å²) >= 11 is 17.8. The van der Waals surface area contributed by atoms with Crippen LogP contribution in [0.4, 0.5) is 0 Å². The van der Waals surface area contributed by atoms with E-state index in [0.717, 1.165) is 11.1 Å². The van der Waals surface area contributed by atoms with Crippen LogP contribution in [0.15, 0.2) is 42.5 Å². The van der Waals surface area contributed by atoms with E-state index in [1.54, 1.807) is 18.2 Å². The van der Waals surface area contributed by atoms with Gasteiger partial charge in [0, 0.05) is 5.56 Å². The Labute approximate surface area is 132 Å². The molecule has 0 heterocycles. The van der Waals surface area contributed by atoms with E-state index in [1.165, 1.54) is 6.08 Å². The van der Waals surface area contributed by atoms with Crippen LogP contribution in [-0.4, -0.2) is 5.78 Å². The van der Waals surface area contributed by atoms with Crippen molar-refractivity contribution >= 4 is 46.7 Å². The fourth-order valence-electron chi connectivity index (χ4n) is 1.75. The summed E-state index contributed by atoms with van der Waals surface area (Å²) in [7, 11) is 0. The third kappa shape index (κ3) is 3.24. The van der Waals surface area contributed by atoms with Crippen LogP contribution >= 0.6 is 34.8 Å². The van der Waals surface area contributed by atoms with E-state index in [4.69, 9.17) is 34.8 Å². The molecule has 0 aromatic heterocycles. The van der Waals surface area contributed by atoms with Crippen molar-refractivity contribution in [1.29, 1.82) is 0 Å². The molecule has 0 unspecified atom stereocenters.